The molecule has 0 aliphatic carbocycles. The monoisotopic (exact) mass is 420 g/mol. The first-order valence-corrected chi connectivity index (χ1v) is 11.3. The molecule has 154 valence electrons. The molecule has 2 aromatic carbocycles. The number of amides is 1. The number of thiazole rings is 1. The fraction of sp³-hybridized carbons (Fsp3) is 0.348. The molecule has 1 aliphatic heterocycles. The van der Waals surface area contributed by atoms with Gasteiger partial charge < -0.3 is 14.6 Å². The van der Waals surface area contributed by atoms with E-state index in [2.05, 4.69) is 26.3 Å². The molecule has 0 spiro atoms. The van der Waals surface area contributed by atoms with Gasteiger partial charge in [0.1, 0.15) is 5.52 Å². The molecule has 1 aliphatic rings. The number of hydrogen-bond donors (Lipinski definition) is 1. The van der Waals surface area contributed by atoms with Gasteiger partial charge in [-0.25, -0.2) is 4.98 Å². The first-order valence-electron chi connectivity index (χ1n) is 10.5. The van der Waals surface area contributed by atoms with E-state index in [4.69, 9.17) is 4.42 Å². The number of carbonyl (C=O) groups excluding carboxylic acids is 1. The molecule has 1 N–H and O–H groups in total. The second-order valence-electron chi connectivity index (χ2n) is 7.70. The summed E-state index contributed by atoms with van der Waals surface area (Å²) < 4.78 is 7.08. The van der Waals surface area contributed by atoms with Gasteiger partial charge in [0.15, 0.2) is 5.58 Å². The average molecular weight is 421 g/mol. The SMILES string of the molecule is O=C(NCCCc1nc2ccccc2s1)C1CCN(c2nc3ccccc3o2)CC1. The number of benzene rings is 2. The van der Waals surface area contributed by atoms with Crippen LogP contribution in [0.3, 0.4) is 0 Å². The van der Waals surface area contributed by atoms with Crippen molar-refractivity contribution in [1.29, 1.82) is 0 Å². The molecule has 4 aromatic rings. The zero-order valence-electron chi connectivity index (χ0n) is 16.7. The van der Waals surface area contributed by atoms with Gasteiger partial charge in [0.05, 0.1) is 15.2 Å². The number of fused-ring (bicyclic) bond motifs is 2. The zero-order valence-corrected chi connectivity index (χ0v) is 17.5. The minimum atomic E-state index is 0.0630. The molecule has 1 fully saturated rings. The standard InChI is InChI=1S/C23H24N4O2S/c28-22(24-13-5-10-21-25-18-7-2-4-9-20(18)30-21)16-11-14-27(15-12-16)23-26-17-6-1-3-8-19(17)29-23/h1-4,6-9,16H,5,10-15H2,(H,24,28). The van der Waals surface area contributed by atoms with Crippen molar-refractivity contribution in [3.8, 4) is 0 Å². The number of hydrogen-bond acceptors (Lipinski definition) is 6. The van der Waals surface area contributed by atoms with Crippen LogP contribution < -0.4 is 10.2 Å². The number of para-hydroxylation sites is 3. The normalized spacial score (nSPS) is 15.1. The second-order valence-corrected chi connectivity index (χ2v) is 8.81. The lowest BCUT2D eigenvalue weighted by molar-refractivity contribution is -0.125. The van der Waals surface area contributed by atoms with Crippen molar-refractivity contribution in [2.24, 2.45) is 5.92 Å². The molecule has 30 heavy (non-hydrogen) atoms. The molecule has 1 amide bonds. The van der Waals surface area contributed by atoms with E-state index in [1.807, 2.05) is 42.5 Å². The van der Waals surface area contributed by atoms with Crippen LogP contribution in [0.15, 0.2) is 52.9 Å². The Morgan fingerprint density at radius 3 is 2.63 bits per heavy atom. The molecule has 2 aromatic heterocycles. The molecule has 1 saturated heterocycles. The lowest BCUT2D eigenvalue weighted by atomic mass is 9.96. The summed E-state index contributed by atoms with van der Waals surface area (Å²) in [6.07, 6.45) is 3.45. The molecule has 3 heterocycles. The summed E-state index contributed by atoms with van der Waals surface area (Å²) in [5.41, 5.74) is 2.74. The maximum absolute atomic E-state index is 12.6. The van der Waals surface area contributed by atoms with Crippen LogP contribution in [-0.2, 0) is 11.2 Å². The van der Waals surface area contributed by atoms with Crippen LogP contribution in [0, 0.1) is 5.92 Å². The van der Waals surface area contributed by atoms with Gasteiger partial charge in [-0.1, -0.05) is 24.3 Å². The van der Waals surface area contributed by atoms with Gasteiger partial charge in [-0.3, -0.25) is 4.79 Å². The van der Waals surface area contributed by atoms with Gasteiger partial charge in [0, 0.05) is 32.0 Å². The molecule has 6 nitrogen and oxygen atoms in total. The van der Waals surface area contributed by atoms with E-state index < -0.39 is 0 Å². The average Bonchev–Trinajstić information content (AvgIpc) is 3.40. The highest BCUT2D eigenvalue weighted by atomic mass is 32.1. The topological polar surface area (TPSA) is 71.3 Å². The van der Waals surface area contributed by atoms with E-state index in [9.17, 15) is 4.79 Å². The van der Waals surface area contributed by atoms with Crippen LogP contribution in [0.1, 0.15) is 24.3 Å². The van der Waals surface area contributed by atoms with Crippen molar-refractivity contribution in [2.75, 3.05) is 24.5 Å². The largest absolute Gasteiger partial charge is 0.423 e. The fourth-order valence-electron chi connectivity index (χ4n) is 3.95. The van der Waals surface area contributed by atoms with E-state index >= 15 is 0 Å². The lowest BCUT2D eigenvalue weighted by Crippen LogP contribution is -2.41. The van der Waals surface area contributed by atoms with Crippen LogP contribution in [0.25, 0.3) is 21.3 Å². The number of piperidine rings is 1. The highest BCUT2D eigenvalue weighted by Gasteiger charge is 2.27. The van der Waals surface area contributed by atoms with E-state index in [-0.39, 0.29) is 11.8 Å². The Morgan fingerprint density at radius 2 is 1.83 bits per heavy atom. The maximum Gasteiger partial charge on any atom is 0.298 e. The maximum atomic E-state index is 12.6. The van der Waals surface area contributed by atoms with Crippen molar-refractivity contribution in [3.63, 3.8) is 0 Å². The van der Waals surface area contributed by atoms with Gasteiger partial charge in [-0.15, -0.1) is 11.3 Å². The number of aryl methyl sites for hydroxylation is 1. The Kier molecular flexibility index (Phi) is 5.36. The Morgan fingerprint density at radius 1 is 1.07 bits per heavy atom. The van der Waals surface area contributed by atoms with Crippen molar-refractivity contribution in [1.82, 2.24) is 15.3 Å². The predicted octanol–water partition coefficient (Wildman–Crippen LogP) is 4.40. The fourth-order valence-corrected chi connectivity index (χ4v) is 4.96. The third-order valence-corrected chi connectivity index (χ3v) is 6.72. The van der Waals surface area contributed by atoms with Gasteiger partial charge in [0.2, 0.25) is 5.91 Å². The molecule has 0 radical (unpaired) electrons. The summed E-state index contributed by atoms with van der Waals surface area (Å²) in [6.45, 7) is 2.27. The number of oxazole rings is 1. The number of anilines is 1. The van der Waals surface area contributed by atoms with Gasteiger partial charge in [-0.2, -0.15) is 4.98 Å². The minimum Gasteiger partial charge on any atom is -0.423 e. The van der Waals surface area contributed by atoms with Crippen molar-refractivity contribution in [2.45, 2.75) is 25.7 Å². The van der Waals surface area contributed by atoms with Crippen LogP contribution in [0.4, 0.5) is 6.01 Å². The third-order valence-electron chi connectivity index (χ3n) is 5.62. The molecular formula is C23H24N4O2S. The summed E-state index contributed by atoms with van der Waals surface area (Å²) in [5, 5.41) is 4.25. The number of nitrogens with one attached hydrogen (secondary N) is 1. The van der Waals surface area contributed by atoms with E-state index in [1.54, 1.807) is 11.3 Å². The number of carbonyl (C=O) groups is 1. The van der Waals surface area contributed by atoms with E-state index in [0.29, 0.717) is 12.6 Å². The Balaban J connectivity index is 1.07. The molecule has 0 saturated carbocycles. The Hall–Kier alpha value is -2.93. The van der Waals surface area contributed by atoms with E-state index in [1.165, 1.54) is 4.70 Å². The second kappa shape index (κ2) is 8.44. The summed E-state index contributed by atoms with van der Waals surface area (Å²) in [4.78, 5) is 23.9. The van der Waals surface area contributed by atoms with Gasteiger partial charge >= 0.3 is 0 Å². The molecule has 0 atom stereocenters. The summed E-state index contributed by atoms with van der Waals surface area (Å²) >= 11 is 1.74. The quantitative estimate of drug-likeness (QED) is 0.468. The van der Waals surface area contributed by atoms with Crippen LogP contribution in [0.2, 0.25) is 0 Å². The number of nitrogens with zero attached hydrogens (tertiary/aromatic N) is 3. The number of rotatable bonds is 6. The highest BCUT2D eigenvalue weighted by Crippen LogP contribution is 2.26. The summed E-state index contributed by atoms with van der Waals surface area (Å²) in [7, 11) is 0. The molecular weight excluding hydrogens is 396 g/mol. The smallest absolute Gasteiger partial charge is 0.298 e. The molecule has 5 rings (SSSR count). The Bertz CT molecular complexity index is 1090. The zero-order chi connectivity index (χ0) is 20.3. The van der Waals surface area contributed by atoms with Gasteiger partial charge in [-0.05, 0) is 43.5 Å². The minimum absolute atomic E-state index is 0.0630. The summed E-state index contributed by atoms with van der Waals surface area (Å²) in [5.74, 6) is 0.226. The summed E-state index contributed by atoms with van der Waals surface area (Å²) in [6, 6.07) is 16.7. The van der Waals surface area contributed by atoms with Gasteiger partial charge in [0.25, 0.3) is 6.01 Å². The van der Waals surface area contributed by atoms with Crippen LogP contribution in [-0.4, -0.2) is 35.5 Å². The van der Waals surface area contributed by atoms with Crippen molar-refractivity contribution < 1.29 is 9.21 Å². The first-order chi connectivity index (χ1) is 14.8. The molecule has 7 heteroatoms. The van der Waals surface area contributed by atoms with Crippen LogP contribution >= 0.6 is 11.3 Å². The Labute approximate surface area is 178 Å². The number of aromatic nitrogens is 2. The third kappa shape index (κ3) is 4.03. The van der Waals surface area contributed by atoms with Crippen molar-refractivity contribution in [3.05, 3.63) is 53.5 Å². The highest BCUT2D eigenvalue weighted by molar-refractivity contribution is 7.18. The first kappa shape index (κ1) is 19.1. The predicted molar refractivity (Wildman–Crippen MR) is 120 cm³/mol. The van der Waals surface area contributed by atoms with Crippen LogP contribution in [0.5, 0.6) is 0 Å². The lowest BCUT2D eigenvalue weighted by Gasteiger charge is -2.30. The molecule has 0 unspecified atom stereocenters. The van der Waals surface area contributed by atoms with Crippen molar-refractivity contribution >= 4 is 44.6 Å². The molecule has 0 bridgehead atoms. The van der Waals surface area contributed by atoms with E-state index in [0.717, 1.165) is 60.4 Å².